The number of hydrogen-bond donors (Lipinski definition) is 0. The second kappa shape index (κ2) is 4.17. The Balaban J connectivity index is 3.10. The molecule has 4 heteroatoms. The minimum absolute atomic E-state index is 0.0531. The van der Waals surface area contributed by atoms with Crippen LogP contribution in [-0.4, -0.2) is 12.9 Å². The number of ketones is 1. The molecule has 0 saturated heterocycles. The zero-order chi connectivity index (χ0) is 10.7. The van der Waals surface area contributed by atoms with Gasteiger partial charge in [0.2, 0.25) is 0 Å². The fraction of sp³-hybridized carbons (Fsp3) is 0.300. The summed E-state index contributed by atoms with van der Waals surface area (Å²) in [6.45, 7) is 1.34. The Morgan fingerprint density at radius 2 is 2.00 bits per heavy atom. The van der Waals surface area contributed by atoms with E-state index in [2.05, 4.69) is 4.74 Å². The normalized spacial score (nSPS) is 10.0. The molecule has 2 nitrogen and oxygen atoms in total. The topological polar surface area (TPSA) is 26.3 Å². The van der Waals surface area contributed by atoms with Crippen LogP contribution in [0.2, 0.25) is 0 Å². The van der Waals surface area contributed by atoms with Crippen LogP contribution < -0.4 is 4.74 Å². The van der Waals surface area contributed by atoms with E-state index < -0.39 is 11.6 Å². The summed E-state index contributed by atoms with van der Waals surface area (Å²) in [5.41, 5.74) is 0.149. The van der Waals surface area contributed by atoms with Gasteiger partial charge in [0.15, 0.2) is 11.6 Å². The Labute approximate surface area is 80.5 Å². The summed E-state index contributed by atoms with van der Waals surface area (Å²) in [7, 11) is 1.29. The van der Waals surface area contributed by atoms with Gasteiger partial charge in [-0.05, 0) is 18.6 Å². The van der Waals surface area contributed by atoms with Crippen molar-refractivity contribution in [2.75, 3.05) is 7.11 Å². The highest BCUT2D eigenvalue weighted by Crippen LogP contribution is 2.21. The lowest BCUT2D eigenvalue weighted by atomic mass is 10.1. The van der Waals surface area contributed by atoms with Crippen LogP contribution in [-0.2, 0) is 11.2 Å². The Hall–Kier alpha value is -1.45. The van der Waals surface area contributed by atoms with Crippen molar-refractivity contribution in [2.45, 2.75) is 13.3 Å². The number of ether oxygens (including phenoxy) is 1. The molecule has 0 aliphatic rings. The molecule has 0 unspecified atom stereocenters. The smallest absolute Gasteiger partial charge is 0.167 e. The average Bonchev–Trinajstić information content (AvgIpc) is 2.09. The average molecular weight is 200 g/mol. The summed E-state index contributed by atoms with van der Waals surface area (Å²) >= 11 is 0. The van der Waals surface area contributed by atoms with Crippen molar-refractivity contribution in [3.8, 4) is 5.75 Å². The molecule has 0 saturated carbocycles. The molecule has 0 bridgehead atoms. The molecular weight excluding hydrogens is 190 g/mol. The second-order valence-electron chi connectivity index (χ2n) is 2.96. The van der Waals surface area contributed by atoms with E-state index in [-0.39, 0.29) is 23.5 Å². The maximum atomic E-state index is 13.1. The van der Waals surface area contributed by atoms with Crippen LogP contribution in [0.1, 0.15) is 12.5 Å². The molecule has 0 radical (unpaired) electrons. The molecule has 1 aromatic rings. The van der Waals surface area contributed by atoms with Crippen molar-refractivity contribution in [3.05, 3.63) is 29.3 Å². The second-order valence-corrected chi connectivity index (χ2v) is 2.96. The van der Waals surface area contributed by atoms with Crippen LogP contribution in [0.25, 0.3) is 0 Å². The number of hydrogen-bond acceptors (Lipinski definition) is 2. The lowest BCUT2D eigenvalue weighted by Gasteiger charge is -2.05. The van der Waals surface area contributed by atoms with E-state index in [1.165, 1.54) is 20.1 Å². The number of carbonyl (C=O) groups excluding carboxylic acids is 1. The largest absolute Gasteiger partial charge is 0.494 e. The van der Waals surface area contributed by atoms with Gasteiger partial charge in [-0.25, -0.2) is 8.78 Å². The monoisotopic (exact) mass is 200 g/mol. The third kappa shape index (κ3) is 2.28. The van der Waals surface area contributed by atoms with Gasteiger partial charge in [0, 0.05) is 12.5 Å². The lowest BCUT2D eigenvalue weighted by molar-refractivity contribution is -0.116. The van der Waals surface area contributed by atoms with Crippen molar-refractivity contribution in [2.24, 2.45) is 0 Å². The molecule has 0 aromatic heterocycles. The van der Waals surface area contributed by atoms with Gasteiger partial charge in [-0.15, -0.1) is 0 Å². The minimum atomic E-state index is -0.766. The SMILES string of the molecule is COc1cc(CC(C)=O)c(F)cc1F. The molecule has 0 N–H and O–H groups in total. The van der Waals surface area contributed by atoms with Gasteiger partial charge in [-0.2, -0.15) is 0 Å². The number of rotatable bonds is 3. The first-order valence-corrected chi connectivity index (χ1v) is 4.06. The molecule has 0 fully saturated rings. The minimum Gasteiger partial charge on any atom is -0.494 e. The molecular formula is C10H10F2O2. The zero-order valence-corrected chi connectivity index (χ0v) is 7.93. The third-order valence-electron chi connectivity index (χ3n) is 1.76. The van der Waals surface area contributed by atoms with Gasteiger partial charge in [0.1, 0.15) is 11.6 Å². The van der Waals surface area contributed by atoms with E-state index in [0.29, 0.717) is 0 Å². The first-order valence-electron chi connectivity index (χ1n) is 4.06. The number of halogens is 2. The fourth-order valence-electron chi connectivity index (χ4n) is 1.13. The summed E-state index contributed by atoms with van der Waals surface area (Å²) in [6, 6.07) is 1.92. The van der Waals surface area contributed by atoms with Crippen LogP contribution in [0.5, 0.6) is 5.75 Å². The zero-order valence-electron chi connectivity index (χ0n) is 7.93. The number of benzene rings is 1. The quantitative estimate of drug-likeness (QED) is 0.746. The van der Waals surface area contributed by atoms with E-state index in [1.54, 1.807) is 0 Å². The highest BCUT2D eigenvalue weighted by Gasteiger charge is 2.11. The van der Waals surface area contributed by atoms with E-state index in [9.17, 15) is 13.6 Å². The predicted molar refractivity (Wildman–Crippen MR) is 47.3 cm³/mol. The maximum Gasteiger partial charge on any atom is 0.167 e. The Morgan fingerprint density at radius 3 is 2.50 bits per heavy atom. The van der Waals surface area contributed by atoms with Gasteiger partial charge in [0.05, 0.1) is 7.11 Å². The standard InChI is InChI=1S/C10H10F2O2/c1-6(13)3-7-4-10(14-2)9(12)5-8(7)11/h4-5H,3H2,1-2H3. The van der Waals surface area contributed by atoms with Crippen LogP contribution in [0.15, 0.2) is 12.1 Å². The van der Waals surface area contributed by atoms with E-state index in [4.69, 9.17) is 0 Å². The first-order chi connectivity index (χ1) is 6.54. The molecule has 76 valence electrons. The van der Waals surface area contributed by atoms with E-state index in [0.717, 1.165) is 6.07 Å². The van der Waals surface area contributed by atoms with Gasteiger partial charge in [-0.1, -0.05) is 0 Å². The third-order valence-corrected chi connectivity index (χ3v) is 1.76. The summed E-state index contributed by atoms with van der Waals surface area (Å²) in [5, 5.41) is 0. The van der Waals surface area contributed by atoms with Crippen LogP contribution in [0.3, 0.4) is 0 Å². The Morgan fingerprint density at radius 1 is 1.36 bits per heavy atom. The first kappa shape index (κ1) is 10.6. The lowest BCUT2D eigenvalue weighted by Crippen LogP contribution is -2.01. The summed E-state index contributed by atoms with van der Waals surface area (Å²) in [4.78, 5) is 10.7. The van der Waals surface area contributed by atoms with Crippen LogP contribution in [0, 0.1) is 11.6 Å². The van der Waals surface area contributed by atoms with Crippen molar-refractivity contribution in [1.29, 1.82) is 0 Å². The molecule has 0 spiro atoms. The molecule has 0 heterocycles. The Kier molecular flexibility index (Phi) is 3.17. The molecule has 1 rings (SSSR count). The predicted octanol–water partition coefficient (Wildman–Crippen LogP) is 2.10. The van der Waals surface area contributed by atoms with Crippen LogP contribution >= 0.6 is 0 Å². The van der Waals surface area contributed by atoms with Crippen molar-refractivity contribution >= 4 is 5.78 Å². The van der Waals surface area contributed by atoms with Gasteiger partial charge in [-0.3, -0.25) is 4.79 Å². The summed E-state index contributed by atoms with van der Waals surface area (Å²) < 4.78 is 30.7. The highest BCUT2D eigenvalue weighted by atomic mass is 19.1. The van der Waals surface area contributed by atoms with Crippen molar-refractivity contribution < 1.29 is 18.3 Å². The summed E-state index contributed by atoms with van der Waals surface area (Å²) in [5.74, 6) is -1.73. The molecule has 0 aliphatic heterocycles. The molecule has 1 aromatic carbocycles. The van der Waals surface area contributed by atoms with Crippen LogP contribution in [0.4, 0.5) is 8.78 Å². The molecule has 0 atom stereocenters. The van der Waals surface area contributed by atoms with Crippen molar-refractivity contribution in [1.82, 2.24) is 0 Å². The molecule has 0 aliphatic carbocycles. The van der Waals surface area contributed by atoms with Gasteiger partial charge >= 0.3 is 0 Å². The van der Waals surface area contributed by atoms with E-state index >= 15 is 0 Å². The summed E-state index contributed by atoms with van der Waals surface area (Å²) in [6.07, 6.45) is -0.0531. The maximum absolute atomic E-state index is 13.1. The number of Topliss-reactive ketones (excluding diaryl/α,β-unsaturated/α-hetero) is 1. The molecule has 14 heavy (non-hydrogen) atoms. The Bertz CT molecular complexity index is 361. The van der Waals surface area contributed by atoms with Gasteiger partial charge < -0.3 is 4.74 Å². The van der Waals surface area contributed by atoms with Gasteiger partial charge in [0.25, 0.3) is 0 Å². The van der Waals surface area contributed by atoms with Crippen molar-refractivity contribution in [3.63, 3.8) is 0 Å². The molecule has 0 amide bonds. The van der Waals surface area contributed by atoms with E-state index in [1.807, 2.05) is 0 Å². The highest BCUT2D eigenvalue weighted by molar-refractivity contribution is 5.78. The fourth-order valence-corrected chi connectivity index (χ4v) is 1.13. The number of carbonyl (C=O) groups is 1. The number of methoxy groups -OCH3 is 1.